The summed E-state index contributed by atoms with van der Waals surface area (Å²) in [6, 6.07) is 4.53. The number of hydrogen-bond donors (Lipinski definition) is 0. The monoisotopic (exact) mass is 363 g/mol. The lowest BCUT2D eigenvalue weighted by Gasteiger charge is -2.16. The molecule has 2 aromatic rings. The first-order valence-corrected chi connectivity index (χ1v) is 8.96. The Morgan fingerprint density at radius 1 is 1.32 bits per heavy atom. The fourth-order valence-corrected chi connectivity index (χ4v) is 2.74. The zero-order valence-electron chi connectivity index (χ0n) is 14.3. The van der Waals surface area contributed by atoms with Crippen molar-refractivity contribution in [2.45, 2.75) is 32.9 Å². The maximum atomic E-state index is 12.1. The number of thiophene rings is 1. The number of carbonyl (C=O) groups is 2. The van der Waals surface area contributed by atoms with Gasteiger partial charge in [0.15, 0.2) is 12.3 Å². The largest absolute Gasteiger partial charge is 0.451 e. The molecule has 134 valence electrons. The molecule has 0 N–H and O–H groups in total. The van der Waals surface area contributed by atoms with Gasteiger partial charge in [-0.25, -0.2) is 9.48 Å². The third-order valence-corrected chi connectivity index (χ3v) is 4.28. The second kappa shape index (κ2) is 9.12. The third-order valence-electron chi connectivity index (χ3n) is 3.55. The van der Waals surface area contributed by atoms with Gasteiger partial charge >= 0.3 is 5.97 Å². The van der Waals surface area contributed by atoms with E-state index in [4.69, 9.17) is 4.74 Å². The van der Waals surface area contributed by atoms with Crippen molar-refractivity contribution >= 4 is 23.2 Å². The van der Waals surface area contributed by atoms with Crippen LogP contribution in [0.2, 0.25) is 0 Å². The van der Waals surface area contributed by atoms with Gasteiger partial charge in [0.25, 0.3) is 11.5 Å². The van der Waals surface area contributed by atoms with Crippen LogP contribution in [0, 0.1) is 0 Å². The summed E-state index contributed by atoms with van der Waals surface area (Å²) in [5.74, 6) is -1.03. The second-order valence-electron chi connectivity index (χ2n) is 5.59. The van der Waals surface area contributed by atoms with Crippen molar-refractivity contribution in [1.29, 1.82) is 0 Å². The van der Waals surface area contributed by atoms with Crippen LogP contribution in [0.5, 0.6) is 0 Å². The Hall–Kier alpha value is -2.48. The van der Waals surface area contributed by atoms with E-state index in [0.717, 1.165) is 18.4 Å². The standard InChI is InChI=1S/C17H21N3O4S/c1-3-4-8-20-15(21)6-5-14(18-20)17(23)24-11-16(22)19(2)10-13-7-9-25-12-13/h5-7,9,12H,3-4,8,10-11H2,1-2H3. The molecule has 2 heterocycles. The maximum Gasteiger partial charge on any atom is 0.359 e. The van der Waals surface area contributed by atoms with Crippen LogP contribution in [-0.4, -0.2) is 40.2 Å². The Balaban J connectivity index is 1.91. The summed E-state index contributed by atoms with van der Waals surface area (Å²) in [4.78, 5) is 37.3. The van der Waals surface area contributed by atoms with E-state index in [1.165, 1.54) is 21.7 Å². The van der Waals surface area contributed by atoms with Crippen LogP contribution in [0.15, 0.2) is 33.8 Å². The van der Waals surface area contributed by atoms with Crippen molar-refractivity contribution in [2.75, 3.05) is 13.7 Å². The van der Waals surface area contributed by atoms with Crippen LogP contribution in [0.1, 0.15) is 35.8 Å². The van der Waals surface area contributed by atoms with E-state index < -0.39 is 5.97 Å². The van der Waals surface area contributed by atoms with Gasteiger partial charge in [0.05, 0.1) is 0 Å². The highest BCUT2D eigenvalue weighted by Crippen LogP contribution is 2.08. The smallest absolute Gasteiger partial charge is 0.359 e. The highest BCUT2D eigenvalue weighted by atomic mass is 32.1. The van der Waals surface area contributed by atoms with E-state index in [-0.39, 0.29) is 23.8 Å². The van der Waals surface area contributed by atoms with E-state index in [2.05, 4.69) is 5.10 Å². The summed E-state index contributed by atoms with van der Waals surface area (Å²) in [7, 11) is 1.65. The third kappa shape index (κ3) is 5.53. The fraction of sp³-hybridized carbons (Fsp3) is 0.412. The minimum absolute atomic E-state index is 0.0176. The number of rotatable bonds is 8. The normalized spacial score (nSPS) is 10.5. The van der Waals surface area contributed by atoms with Gasteiger partial charge < -0.3 is 9.64 Å². The molecule has 1 amide bonds. The Labute approximate surface area is 149 Å². The molecule has 0 atom stereocenters. The SMILES string of the molecule is CCCCn1nc(C(=O)OCC(=O)N(C)Cc2ccsc2)ccc1=O. The van der Waals surface area contributed by atoms with Gasteiger partial charge in [-0.15, -0.1) is 0 Å². The summed E-state index contributed by atoms with van der Waals surface area (Å²) in [6.45, 7) is 2.54. The molecule has 0 spiro atoms. The molecular weight excluding hydrogens is 342 g/mol. The zero-order valence-corrected chi connectivity index (χ0v) is 15.1. The van der Waals surface area contributed by atoms with Crippen molar-refractivity contribution in [3.8, 4) is 0 Å². The molecule has 0 saturated heterocycles. The van der Waals surface area contributed by atoms with Crippen LogP contribution in [-0.2, 0) is 22.6 Å². The van der Waals surface area contributed by atoms with Gasteiger partial charge in [-0.3, -0.25) is 9.59 Å². The Kier molecular flexibility index (Phi) is 6.88. The average molecular weight is 363 g/mol. The molecule has 25 heavy (non-hydrogen) atoms. The molecule has 0 aliphatic heterocycles. The predicted molar refractivity (Wildman–Crippen MR) is 94.5 cm³/mol. The Morgan fingerprint density at radius 3 is 2.80 bits per heavy atom. The summed E-state index contributed by atoms with van der Waals surface area (Å²) < 4.78 is 6.26. The number of hydrogen-bond acceptors (Lipinski definition) is 6. The Morgan fingerprint density at radius 2 is 2.12 bits per heavy atom. The number of carbonyl (C=O) groups excluding carboxylic acids is 2. The predicted octanol–water partition coefficient (Wildman–Crippen LogP) is 1.92. The summed E-state index contributed by atoms with van der Waals surface area (Å²) in [6.07, 6.45) is 1.70. The van der Waals surface area contributed by atoms with Crippen LogP contribution >= 0.6 is 11.3 Å². The molecule has 2 rings (SSSR count). The van der Waals surface area contributed by atoms with Crippen LogP contribution < -0.4 is 5.56 Å². The highest BCUT2D eigenvalue weighted by Gasteiger charge is 2.16. The minimum Gasteiger partial charge on any atom is -0.451 e. The number of nitrogens with zero attached hydrogens (tertiary/aromatic N) is 3. The van der Waals surface area contributed by atoms with Crippen LogP contribution in [0.25, 0.3) is 0 Å². The van der Waals surface area contributed by atoms with Gasteiger partial charge in [-0.2, -0.15) is 16.4 Å². The quantitative estimate of drug-likeness (QED) is 0.669. The molecule has 7 nitrogen and oxygen atoms in total. The van der Waals surface area contributed by atoms with Gasteiger partial charge in [-0.05, 0) is 34.9 Å². The van der Waals surface area contributed by atoms with E-state index in [1.807, 2.05) is 23.8 Å². The summed E-state index contributed by atoms with van der Waals surface area (Å²) in [5, 5.41) is 7.89. The number of unbranched alkanes of at least 4 members (excludes halogenated alkanes) is 1. The Bertz CT molecular complexity index is 770. The first-order valence-electron chi connectivity index (χ1n) is 8.01. The highest BCUT2D eigenvalue weighted by molar-refractivity contribution is 7.07. The lowest BCUT2D eigenvalue weighted by atomic mass is 10.3. The fourth-order valence-electron chi connectivity index (χ4n) is 2.08. The molecule has 0 bridgehead atoms. The lowest BCUT2D eigenvalue weighted by molar-refractivity contribution is -0.133. The summed E-state index contributed by atoms with van der Waals surface area (Å²) in [5.41, 5.74) is 0.775. The molecule has 0 aliphatic carbocycles. The van der Waals surface area contributed by atoms with E-state index >= 15 is 0 Å². The number of ether oxygens (including phenoxy) is 1. The van der Waals surface area contributed by atoms with Gasteiger partial charge in [0.2, 0.25) is 0 Å². The molecule has 0 aromatic carbocycles. The molecule has 8 heteroatoms. The molecule has 0 aliphatic rings. The van der Waals surface area contributed by atoms with Crippen LogP contribution in [0.4, 0.5) is 0 Å². The zero-order chi connectivity index (χ0) is 18.2. The molecule has 0 fully saturated rings. The lowest BCUT2D eigenvalue weighted by Crippen LogP contribution is -2.31. The van der Waals surface area contributed by atoms with Crippen molar-refractivity contribution in [3.05, 3.63) is 50.6 Å². The van der Waals surface area contributed by atoms with Crippen molar-refractivity contribution in [2.24, 2.45) is 0 Å². The van der Waals surface area contributed by atoms with Gasteiger partial charge in [-0.1, -0.05) is 13.3 Å². The number of esters is 1. The number of aryl methyl sites for hydroxylation is 1. The van der Waals surface area contributed by atoms with E-state index in [9.17, 15) is 14.4 Å². The molecule has 2 aromatic heterocycles. The summed E-state index contributed by atoms with van der Waals surface area (Å²) >= 11 is 1.56. The second-order valence-corrected chi connectivity index (χ2v) is 6.37. The minimum atomic E-state index is -0.720. The first-order chi connectivity index (χ1) is 12.0. The van der Waals surface area contributed by atoms with Crippen LogP contribution in [0.3, 0.4) is 0 Å². The molecule has 0 radical (unpaired) electrons. The number of aromatic nitrogens is 2. The molecular formula is C17H21N3O4S. The molecule has 0 saturated carbocycles. The van der Waals surface area contributed by atoms with Gasteiger partial charge in [0, 0.05) is 26.2 Å². The average Bonchev–Trinajstić information content (AvgIpc) is 3.11. The topological polar surface area (TPSA) is 81.5 Å². The molecule has 0 unspecified atom stereocenters. The first kappa shape index (κ1) is 18.9. The number of amides is 1. The van der Waals surface area contributed by atoms with Crippen molar-refractivity contribution in [3.63, 3.8) is 0 Å². The van der Waals surface area contributed by atoms with Crippen molar-refractivity contribution < 1.29 is 14.3 Å². The maximum absolute atomic E-state index is 12.1. The van der Waals surface area contributed by atoms with Crippen molar-refractivity contribution in [1.82, 2.24) is 14.7 Å². The van der Waals surface area contributed by atoms with E-state index in [1.54, 1.807) is 18.4 Å². The number of likely N-dealkylation sites (N-methyl/N-ethyl adjacent to an activating group) is 1. The van der Waals surface area contributed by atoms with E-state index in [0.29, 0.717) is 13.1 Å². The van der Waals surface area contributed by atoms with Gasteiger partial charge in [0.1, 0.15) is 0 Å².